The average Bonchev–Trinajstić information content (AvgIpc) is 3.97. The van der Waals surface area contributed by atoms with Gasteiger partial charge in [-0.15, -0.1) is 11.3 Å². The molecule has 0 radical (unpaired) electrons. The van der Waals surface area contributed by atoms with Gasteiger partial charge in [0, 0.05) is 42.7 Å². The number of unbranched alkanes of at least 4 members (excludes halogenated alkanes) is 4. The summed E-state index contributed by atoms with van der Waals surface area (Å²) in [6.07, 6.45) is 7.88. The van der Waals surface area contributed by atoms with E-state index >= 15 is 0 Å². The zero-order valence-corrected chi connectivity index (χ0v) is 34.4. The predicted octanol–water partition coefficient (Wildman–Crippen LogP) is 3.87. The molecular formula is C41H45N7O10S2. The molecule has 19 heteroatoms. The molecule has 17 nitrogen and oxygen atoms in total. The molecule has 2 atom stereocenters. The van der Waals surface area contributed by atoms with E-state index in [-0.39, 0.29) is 54.2 Å². The molecule has 1 saturated heterocycles. The summed E-state index contributed by atoms with van der Waals surface area (Å²) < 4.78 is 30.6. The van der Waals surface area contributed by atoms with Crippen molar-refractivity contribution in [3.05, 3.63) is 89.1 Å². The van der Waals surface area contributed by atoms with Gasteiger partial charge in [0.2, 0.25) is 33.7 Å². The molecular weight excluding hydrogens is 815 g/mol. The Labute approximate surface area is 350 Å². The third kappa shape index (κ3) is 10.9. The van der Waals surface area contributed by atoms with E-state index in [0.29, 0.717) is 49.5 Å². The van der Waals surface area contributed by atoms with Gasteiger partial charge in [0.05, 0.1) is 35.2 Å². The van der Waals surface area contributed by atoms with Gasteiger partial charge < -0.3 is 20.7 Å². The van der Waals surface area contributed by atoms with Crippen LogP contribution >= 0.6 is 11.3 Å². The van der Waals surface area contributed by atoms with Crippen LogP contribution in [0.2, 0.25) is 0 Å². The summed E-state index contributed by atoms with van der Waals surface area (Å²) in [7, 11) is -3.61. The maximum atomic E-state index is 13.4. The number of carbonyl (C=O) groups excluding carboxylic acids is 7. The van der Waals surface area contributed by atoms with Crippen LogP contribution in [0.4, 0.5) is 5.13 Å². The predicted molar refractivity (Wildman–Crippen MR) is 221 cm³/mol. The third-order valence-corrected chi connectivity index (χ3v) is 11.7. The van der Waals surface area contributed by atoms with E-state index in [1.807, 2.05) is 35.7 Å². The molecule has 4 aromatic rings. The van der Waals surface area contributed by atoms with Gasteiger partial charge in [0.15, 0.2) is 5.13 Å². The first kappa shape index (κ1) is 43.4. The molecule has 6 rings (SSSR count). The lowest BCUT2D eigenvalue weighted by Gasteiger charge is -2.27. The number of rotatable bonds is 20. The maximum Gasteiger partial charge on any atom is 0.266 e. The fraction of sp³-hybridized carbons (Fsp3) is 0.366. The van der Waals surface area contributed by atoms with Crippen LogP contribution < -0.4 is 26.0 Å². The summed E-state index contributed by atoms with van der Waals surface area (Å²) in [5, 5.41) is 12.7. The van der Waals surface area contributed by atoms with E-state index in [4.69, 9.17) is 4.74 Å². The molecule has 2 aromatic heterocycles. The second-order valence-corrected chi connectivity index (χ2v) is 17.1. The Morgan fingerprint density at radius 3 is 2.48 bits per heavy atom. The Balaban J connectivity index is 0.902. The minimum absolute atomic E-state index is 0.0293. The molecule has 1 unspecified atom stereocenters. The first-order valence-corrected chi connectivity index (χ1v) is 22.3. The zero-order chi connectivity index (χ0) is 42.8. The smallest absolute Gasteiger partial charge is 0.266 e. The third-order valence-electron chi connectivity index (χ3n) is 9.97. The monoisotopic (exact) mass is 859 g/mol. The van der Waals surface area contributed by atoms with Crippen LogP contribution in [0.1, 0.15) is 95.3 Å². The van der Waals surface area contributed by atoms with Gasteiger partial charge in [-0.2, -0.15) is 0 Å². The normalized spacial score (nSPS) is 15.6. The number of imide groups is 2. The molecule has 2 aliphatic rings. The SMILES string of the molecule is CS(=O)(=O)n1ccc(C(=O)N[C@@H](CCCCNC(=O)CCCCCCOc2cccc3c2C(=O)N(C2CCC(=O)NC2=O)C3=O)C(=O)Nc2nc(-c3ccccc3)cs2)c1. The number of anilines is 1. The number of nitrogens with zero attached hydrogens (tertiary/aromatic N) is 3. The van der Waals surface area contributed by atoms with Gasteiger partial charge in [-0.25, -0.2) is 13.4 Å². The molecule has 316 valence electrons. The van der Waals surface area contributed by atoms with Crippen LogP contribution in [0.25, 0.3) is 11.3 Å². The molecule has 7 amide bonds. The molecule has 0 saturated carbocycles. The van der Waals surface area contributed by atoms with Crippen LogP contribution in [-0.2, 0) is 29.2 Å². The lowest BCUT2D eigenvalue weighted by molar-refractivity contribution is -0.136. The largest absolute Gasteiger partial charge is 0.493 e. The van der Waals surface area contributed by atoms with Crippen LogP contribution in [0, 0.1) is 0 Å². The van der Waals surface area contributed by atoms with Crippen molar-refractivity contribution in [2.45, 2.75) is 76.3 Å². The molecule has 1 fully saturated rings. The van der Waals surface area contributed by atoms with Crippen molar-refractivity contribution in [1.82, 2.24) is 29.8 Å². The van der Waals surface area contributed by atoms with Crippen molar-refractivity contribution in [1.29, 1.82) is 0 Å². The topological polar surface area (TPSA) is 232 Å². The van der Waals surface area contributed by atoms with E-state index in [1.54, 1.807) is 12.1 Å². The first-order valence-electron chi connectivity index (χ1n) is 19.6. The molecule has 0 bridgehead atoms. The fourth-order valence-corrected chi connectivity index (χ4v) is 8.12. The second kappa shape index (κ2) is 19.7. The number of fused-ring (bicyclic) bond motifs is 1. The minimum atomic E-state index is -3.61. The quantitative estimate of drug-likeness (QED) is 0.0736. The summed E-state index contributed by atoms with van der Waals surface area (Å²) in [6.45, 7) is 0.636. The number of thiazole rings is 1. The van der Waals surface area contributed by atoms with Gasteiger partial charge in [-0.05, 0) is 56.7 Å². The molecule has 2 aromatic carbocycles. The second-order valence-electron chi connectivity index (χ2n) is 14.4. The standard InChI is InChI=1S/C41H45N7O10S2/c1-60(56,57)47-22-20-27(24-47)36(51)43-29(37(52)46-41-44-30(25-59-41)26-12-5-4-6-13-26)15-8-9-21-42-33(49)17-7-2-3-10-23-58-32-16-11-14-28-35(32)40(55)48(39(28)54)31-18-19-34(50)45-38(31)53/h4-6,11-14,16,20,22,24-25,29,31H,2-3,7-10,15,17-19,21,23H2,1H3,(H,42,49)(H,43,51)(H,44,46,52)(H,45,50,53)/t29-,31?/m0/s1. The summed E-state index contributed by atoms with van der Waals surface area (Å²) >= 11 is 1.25. The average molecular weight is 860 g/mol. The molecule has 4 heterocycles. The Morgan fingerprint density at radius 1 is 0.950 bits per heavy atom. The highest BCUT2D eigenvalue weighted by molar-refractivity contribution is 7.89. The van der Waals surface area contributed by atoms with Crippen LogP contribution in [-0.4, -0.2) is 95.1 Å². The Bertz CT molecular complexity index is 2380. The molecule has 2 aliphatic heterocycles. The Morgan fingerprint density at radius 2 is 1.73 bits per heavy atom. The van der Waals surface area contributed by atoms with Crippen molar-refractivity contribution < 1.29 is 46.7 Å². The van der Waals surface area contributed by atoms with Crippen molar-refractivity contribution in [3.8, 4) is 17.0 Å². The Hall–Kier alpha value is -6.21. The molecule has 0 spiro atoms. The van der Waals surface area contributed by atoms with Crippen molar-refractivity contribution >= 4 is 67.8 Å². The van der Waals surface area contributed by atoms with Crippen molar-refractivity contribution in [2.75, 3.05) is 24.7 Å². The van der Waals surface area contributed by atoms with E-state index < -0.39 is 57.6 Å². The molecule has 0 aliphatic carbocycles. The molecule has 60 heavy (non-hydrogen) atoms. The minimum Gasteiger partial charge on any atom is -0.493 e. The zero-order valence-electron chi connectivity index (χ0n) is 32.8. The highest BCUT2D eigenvalue weighted by Gasteiger charge is 2.46. The van der Waals surface area contributed by atoms with Crippen molar-refractivity contribution in [3.63, 3.8) is 0 Å². The van der Waals surface area contributed by atoms with Gasteiger partial charge >= 0.3 is 0 Å². The van der Waals surface area contributed by atoms with Crippen molar-refractivity contribution in [2.24, 2.45) is 0 Å². The number of piperidine rings is 1. The number of hydrogen-bond acceptors (Lipinski definition) is 12. The number of ether oxygens (including phenoxy) is 1. The van der Waals surface area contributed by atoms with Gasteiger partial charge in [0.25, 0.3) is 17.7 Å². The number of hydrogen-bond donors (Lipinski definition) is 4. The van der Waals surface area contributed by atoms with Crippen LogP contribution in [0.3, 0.4) is 0 Å². The number of amides is 7. The number of aromatic nitrogens is 2. The number of carbonyl (C=O) groups is 7. The fourth-order valence-electron chi connectivity index (χ4n) is 6.81. The summed E-state index contributed by atoms with van der Waals surface area (Å²) in [4.78, 5) is 94.7. The van der Waals surface area contributed by atoms with Gasteiger partial charge in [-0.1, -0.05) is 49.2 Å². The lowest BCUT2D eigenvalue weighted by atomic mass is 10.0. The van der Waals surface area contributed by atoms with Gasteiger partial charge in [-0.3, -0.25) is 47.8 Å². The van der Waals surface area contributed by atoms with E-state index in [9.17, 15) is 42.0 Å². The Kier molecular flexibility index (Phi) is 14.2. The van der Waals surface area contributed by atoms with E-state index in [1.165, 1.54) is 35.9 Å². The van der Waals surface area contributed by atoms with Gasteiger partial charge in [0.1, 0.15) is 17.8 Å². The van der Waals surface area contributed by atoms with E-state index in [2.05, 4.69) is 26.3 Å². The summed E-state index contributed by atoms with van der Waals surface area (Å²) in [5.41, 5.74) is 1.90. The highest BCUT2D eigenvalue weighted by atomic mass is 32.2. The highest BCUT2D eigenvalue weighted by Crippen LogP contribution is 2.34. The number of benzene rings is 2. The number of nitrogens with one attached hydrogen (secondary N) is 4. The summed E-state index contributed by atoms with van der Waals surface area (Å²) in [6, 6.07) is 13.5. The molecule has 4 N–H and O–H groups in total. The van der Waals surface area contributed by atoms with Crippen LogP contribution in [0.15, 0.2) is 72.4 Å². The lowest BCUT2D eigenvalue weighted by Crippen LogP contribution is -2.54. The van der Waals surface area contributed by atoms with Crippen LogP contribution in [0.5, 0.6) is 5.75 Å². The maximum absolute atomic E-state index is 13.4. The van der Waals surface area contributed by atoms with E-state index in [0.717, 1.165) is 33.5 Å². The summed E-state index contributed by atoms with van der Waals surface area (Å²) in [5.74, 6) is -3.33. The first-order chi connectivity index (χ1) is 28.8.